The highest BCUT2D eigenvalue weighted by Crippen LogP contribution is 2.38. The number of ether oxygens (including phenoxy) is 3. The van der Waals surface area contributed by atoms with Gasteiger partial charge in [0.05, 0.1) is 27.9 Å². The fraction of sp³-hybridized carbons (Fsp3) is 0.263. The van der Waals surface area contributed by atoms with Crippen LogP contribution in [0, 0.1) is 6.92 Å². The van der Waals surface area contributed by atoms with Crippen molar-refractivity contribution in [1.82, 2.24) is 5.32 Å². The first-order valence-electron chi connectivity index (χ1n) is 7.93. The average Bonchev–Trinajstić information content (AvgIpc) is 2.64. The van der Waals surface area contributed by atoms with Crippen LogP contribution in [0.3, 0.4) is 0 Å². The van der Waals surface area contributed by atoms with Gasteiger partial charge in [-0.15, -0.1) is 0 Å². The molecule has 0 aliphatic carbocycles. The smallest absolute Gasteiger partial charge is 0.251 e. The number of hydrogen-bond acceptors (Lipinski definition) is 5. The number of carbonyl (C=O) groups excluding carboxylic acids is 2. The SMILES string of the molecule is COc1cc(C(=O)NCC(=O)Nc2cccc(C)c2)cc(OC)c1OC. The summed E-state index contributed by atoms with van der Waals surface area (Å²) in [4.78, 5) is 24.4. The van der Waals surface area contributed by atoms with Gasteiger partial charge in [-0.3, -0.25) is 9.59 Å². The number of carbonyl (C=O) groups is 2. The lowest BCUT2D eigenvalue weighted by Gasteiger charge is -2.14. The van der Waals surface area contributed by atoms with Crippen LogP contribution in [0.15, 0.2) is 36.4 Å². The number of hydrogen-bond donors (Lipinski definition) is 2. The molecule has 2 rings (SSSR count). The topological polar surface area (TPSA) is 85.9 Å². The van der Waals surface area contributed by atoms with Gasteiger partial charge in [0.1, 0.15) is 0 Å². The molecule has 0 aliphatic rings. The second kappa shape index (κ2) is 8.75. The lowest BCUT2D eigenvalue weighted by molar-refractivity contribution is -0.115. The lowest BCUT2D eigenvalue weighted by atomic mass is 10.1. The van der Waals surface area contributed by atoms with Crippen LogP contribution in [0.5, 0.6) is 17.2 Å². The molecular weight excluding hydrogens is 336 g/mol. The van der Waals surface area contributed by atoms with Crippen LogP contribution in [-0.4, -0.2) is 39.7 Å². The van der Waals surface area contributed by atoms with E-state index >= 15 is 0 Å². The van der Waals surface area contributed by atoms with Crippen LogP contribution < -0.4 is 24.8 Å². The second-order valence-electron chi connectivity index (χ2n) is 5.51. The van der Waals surface area contributed by atoms with E-state index < -0.39 is 5.91 Å². The summed E-state index contributed by atoms with van der Waals surface area (Å²) in [5.41, 5.74) is 2.00. The first kappa shape index (κ1) is 19.1. The standard InChI is InChI=1S/C19H22N2O5/c1-12-6-5-7-14(8-12)21-17(22)11-20-19(23)13-9-15(24-2)18(26-4)16(10-13)25-3/h5-10H,11H2,1-4H3,(H,20,23)(H,21,22). The van der Waals surface area contributed by atoms with E-state index in [4.69, 9.17) is 14.2 Å². The second-order valence-corrected chi connectivity index (χ2v) is 5.51. The Bertz CT molecular complexity index is 779. The predicted molar refractivity (Wildman–Crippen MR) is 98.2 cm³/mol. The molecule has 0 unspecified atom stereocenters. The van der Waals surface area contributed by atoms with E-state index in [0.29, 0.717) is 28.5 Å². The minimum absolute atomic E-state index is 0.163. The molecule has 2 aromatic carbocycles. The van der Waals surface area contributed by atoms with Crippen LogP contribution >= 0.6 is 0 Å². The third-order valence-corrected chi connectivity index (χ3v) is 3.64. The Hall–Kier alpha value is -3.22. The first-order valence-corrected chi connectivity index (χ1v) is 7.93. The summed E-state index contributed by atoms with van der Waals surface area (Å²) in [6, 6.07) is 10.5. The molecule has 0 aromatic heterocycles. The molecule has 0 bridgehead atoms. The highest BCUT2D eigenvalue weighted by molar-refractivity contribution is 6.00. The highest BCUT2D eigenvalue weighted by atomic mass is 16.5. The van der Waals surface area contributed by atoms with Gasteiger partial charge in [0.25, 0.3) is 5.91 Å². The van der Waals surface area contributed by atoms with Gasteiger partial charge in [0.15, 0.2) is 11.5 Å². The zero-order valence-corrected chi connectivity index (χ0v) is 15.2. The van der Waals surface area contributed by atoms with Crippen molar-refractivity contribution >= 4 is 17.5 Å². The van der Waals surface area contributed by atoms with E-state index in [1.807, 2.05) is 25.1 Å². The molecule has 0 radical (unpaired) electrons. The number of nitrogens with one attached hydrogen (secondary N) is 2. The fourth-order valence-corrected chi connectivity index (χ4v) is 2.40. The molecule has 0 fully saturated rings. The van der Waals surface area contributed by atoms with Gasteiger partial charge in [0, 0.05) is 11.3 Å². The summed E-state index contributed by atoms with van der Waals surface area (Å²) in [6.45, 7) is 1.77. The highest BCUT2D eigenvalue weighted by Gasteiger charge is 2.17. The van der Waals surface area contributed by atoms with E-state index in [1.165, 1.54) is 33.5 Å². The number of aryl methyl sites for hydroxylation is 1. The van der Waals surface area contributed by atoms with E-state index in [0.717, 1.165) is 5.56 Å². The van der Waals surface area contributed by atoms with Gasteiger partial charge in [-0.05, 0) is 36.8 Å². The number of rotatable bonds is 7. The number of methoxy groups -OCH3 is 3. The average molecular weight is 358 g/mol. The van der Waals surface area contributed by atoms with Crippen LogP contribution in [0.25, 0.3) is 0 Å². The van der Waals surface area contributed by atoms with Crippen molar-refractivity contribution in [2.75, 3.05) is 33.2 Å². The number of amides is 2. The summed E-state index contributed by atoms with van der Waals surface area (Å²) in [5.74, 6) is 0.367. The maximum absolute atomic E-state index is 12.3. The van der Waals surface area contributed by atoms with Crippen molar-refractivity contribution in [3.05, 3.63) is 47.5 Å². The Morgan fingerprint density at radius 3 is 2.15 bits per heavy atom. The molecule has 26 heavy (non-hydrogen) atoms. The lowest BCUT2D eigenvalue weighted by Crippen LogP contribution is -2.32. The van der Waals surface area contributed by atoms with E-state index in [2.05, 4.69) is 10.6 Å². The third-order valence-electron chi connectivity index (χ3n) is 3.64. The molecule has 138 valence electrons. The van der Waals surface area contributed by atoms with Crippen molar-refractivity contribution in [3.63, 3.8) is 0 Å². The quantitative estimate of drug-likeness (QED) is 0.794. The Morgan fingerprint density at radius 1 is 0.962 bits per heavy atom. The molecule has 0 aliphatic heterocycles. The van der Waals surface area contributed by atoms with E-state index in [9.17, 15) is 9.59 Å². The molecular formula is C19H22N2O5. The number of benzene rings is 2. The summed E-state index contributed by atoms with van der Waals surface area (Å²) in [5, 5.41) is 5.30. The molecule has 0 spiro atoms. The monoisotopic (exact) mass is 358 g/mol. The van der Waals surface area contributed by atoms with Crippen molar-refractivity contribution in [3.8, 4) is 17.2 Å². The summed E-state index contributed by atoms with van der Waals surface area (Å²) in [7, 11) is 4.41. The van der Waals surface area contributed by atoms with E-state index in [1.54, 1.807) is 6.07 Å². The third kappa shape index (κ3) is 4.66. The molecule has 7 heteroatoms. The summed E-state index contributed by atoms with van der Waals surface area (Å²) >= 11 is 0. The Balaban J connectivity index is 2.04. The van der Waals surface area contributed by atoms with Gasteiger partial charge in [-0.2, -0.15) is 0 Å². The zero-order chi connectivity index (χ0) is 19.1. The van der Waals surface area contributed by atoms with Gasteiger partial charge >= 0.3 is 0 Å². The van der Waals surface area contributed by atoms with Crippen LogP contribution in [0.2, 0.25) is 0 Å². The molecule has 0 heterocycles. The molecule has 0 atom stereocenters. The molecule has 7 nitrogen and oxygen atoms in total. The normalized spacial score (nSPS) is 10.0. The van der Waals surface area contributed by atoms with Crippen LogP contribution in [-0.2, 0) is 4.79 Å². The molecule has 2 aromatic rings. The van der Waals surface area contributed by atoms with E-state index in [-0.39, 0.29) is 12.5 Å². The Labute approximate surface area is 152 Å². The Morgan fingerprint density at radius 2 is 1.62 bits per heavy atom. The largest absolute Gasteiger partial charge is 0.493 e. The maximum Gasteiger partial charge on any atom is 0.251 e. The van der Waals surface area contributed by atoms with Gasteiger partial charge in [0.2, 0.25) is 11.7 Å². The zero-order valence-electron chi connectivity index (χ0n) is 15.2. The molecule has 0 saturated carbocycles. The van der Waals surface area contributed by atoms with Gasteiger partial charge < -0.3 is 24.8 Å². The molecule has 2 N–H and O–H groups in total. The Kier molecular flexibility index (Phi) is 6.43. The number of anilines is 1. The predicted octanol–water partition coefficient (Wildman–Crippen LogP) is 2.39. The first-order chi connectivity index (χ1) is 12.5. The van der Waals surface area contributed by atoms with Gasteiger partial charge in [-0.25, -0.2) is 0 Å². The van der Waals surface area contributed by atoms with Crippen molar-refractivity contribution in [2.24, 2.45) is 0 Å². The minimum Gasteiger partial charge on any atom is -0.493 e. The summed E-state index contributed by atoms with van der Waals surface area (Å²) in [6.07, 6.45) is 0. The van der Waals surface area contributed by atoms with Crippen LogP contribution in [0.4, 0.5) is 5.69 Å². The van der Waals surface area contributed by atoms with Gasteiger partial charge in [-0.1, -0.05) is 12.1 Å². The van der Waals surface area contributed by atoms with Crippen LogP contribution in [0.1, 0.15) is 15.9 Å². The maximum atomic E-state index is 12.3. The minimum atomic E-state index is -0.427. The summed E-state index contributed by atoms with van der Waals surface area (Å²) < 4.78 is 15.7. The van der Waals surface area contributed by atoms with Crippen molar-refractivity contribution in [2.45, 2.75) is 6.92 Å². The van der Waals surface area contributed by atoms with Crippen molar-refractivity contribution < 1.29 is 23.8 Å². The van der Waals surface area contributed by atoms with Crippen molar-refractivity contribution in [1.29, 1.82) is 0 Å². The molecule has 0 saturated heterocycles. The fourth-order valence-electron chi connectivity index (χ4n) is 2.40. The molecule has 2 amide bonds.